The van der Waals surface area contributed by atoms with Crippen LogP contribution in [0.5, 0.6) is 5.75 Å². The fourth-order valence-electron chi connectivity index (χ4n) is 1.51. The van der Waals surface area contributed by atoms with E-state index in [9.17, 15) is 4.57 Å². The van der Waals surface area contributed by atoms with Crippen molar-refractivity contribution in [1.29, 1.82) is 0 Å². The molecular formula is C12H18ClO4P. The molecule has 18 heavy (non-hydrogen) atoms. The molecule has 0 spiro atoms. The van der Waals surface area contributed by atoms with Gasteiger partial charge in [-0.2, -0.15) is 0 Å². The zero-order valence-corrected chi connectivity index (χ0v) is 12.5. The van der Waals surface area contributed by atoms with Gasteiger partial charge in [-0.15, -0.1) is 11.6 Å². The maximum atomic E-state index is 12.2. The minimum atomic E-state index is -3.58. The van der Waals surface area contributed by atoms with E-state index < -0.39 is 7.82 Å². The second kappa shape index (κ2) is 7.15. The normalized spacial score (nSPS) is 14.2. The van der Waals surface area contributed by atoms with Crippen LogP contribution in [0.1, 0.15) is 18.1 Å². The number of phosphoric acid groups is 1. The molecule has 1 aromatic rings. The van der Waals surface area contributed by atoms with E-state index in [4.69, 9.17) is 25.2 Å². The van der Waals surface area contributed by atoms with Gasteiger partial charge in [0.25, 0.3) is 0 Å². The summed E-state index contributed by atoms with van der Waals surface area (Å²) < 4.78 is 27.7. The van der Waals surface area contributed by atoms with E-state index in [-0.39, 0.29) is 19.1 Å². The lowest BCUT2D eigenvalue weighted by atomic mass is 10.1. The summed E-state index contributed by atoms with van der Waals surface area (Å²) in [6, 6.07) is 5.56. The average molecular weight is 293 g/mol. The van der Waals surface area contributed by atoms with Crippen LogP contribution in [-0.4, -0.2) is 19.1 Å². The smallest absolute Gasteiger partial charge is 0.404 e. The van der Waals surface area contributed by atoms with Crippen LogP contribution in [0.3, 0.4) is 0 Å². The van der Waals surface area contributed by atoms with Gasteiger partial charge < -0.3 is 4.52 Å². The van der Waals surface area contributed by atoms with Crippen LogP contribution in [-0.2, 0) is 13.6 Å². The minimum absolute atomic E-state index is 0.115. The van der Waals surface area contributed by atoms with Crippen LogP contribution in [0.25, 0.3) is 0 Å². The quantitative estimate of drug-likeness (QED) is 0.561. The van der Waals surface area contributed by atoms with Crippen molar-refractivity contribution < 1.29 is 18.1 Å². The summed E-state index contributed by atoms with van der Waals surface area (Å²) in [4.78, 5) is 0. The summed E-state index contributed by atoms with van der Waals surface area (Å²) in [6.07, 6.45) is 0. The van der Waals surface area contributed by atoms with Crippen LogP contribution in [0.4, 0.5) is 0 Å². The fraction of sp³-hybridized carbons (Fsp3) is 0.500. The van der Waals surface area contributed by atoms with Crippen molar-refractivity contribution in [3.8, 4) is 5.75 Å². The Morgan fingerprint density at radius 1 is 1.17 bits per heavy atom. The highest BCUT2D eigenvalue weighted by atomic mass is 35.5. The van der Waals surface area contributed by atoms with Crippen molar-refractivity contribution in [2.75, 3.05) is 19.1 Å². The highest BCUT2D eigenvalue weighted by Gasteiger charge is 2.27. The van der Waals surface area contributed by atoms with Crippen LogP contribution in [0, 0.1) is 13.8 Å². The largest absolute Gasteiger partial charge is 0.530 e. The van der Waals surface area contributed by atoms with Gasteiger partial charge in [0.1, 0.15) is 5.75 Å². The van der Waals surface area contributed by atoms with E-state index in [2.05, 4.69) is 0 Å². The molecule has 0 aliphatic carbocycles. The molecule has 1 atom stereocenters. The summed E-state index contributed by atoms with van der Waals surface area (Å²) in [5.74, 6) is 0.701. The Labute approximate surface area is 113 Å². The second-order valence-electron chi connectivity index (χ2n) is 3.80. The lowest BCUT2D eigenvalue weighted by Gasteiger charge is -2.17. The number of rotatable bonds is 7. The third-order valence-corrected chi connectivity index (χ3v) is 3.69. The van der Waals surface area contributed by atoms with Crippen LogP contribution in [0.15, 0.2) is 18.2 Å². The number of hydrogen-bond acceptors (Lipinski definition) is 4. The van der Waals surface area contributed by atoms with Gasteiger partial charge in [0.2, 0.25) is 0 Å². The zero-order chi connectivity index (χ0) is 13.6. The molecule has 0 saturated heterocycles. The molecule has 0 saturated carbocycles. The van der Waals surface area contributed by atoms with Gasteiger partial charge in [-0.1, -0.05) is 6.07 Å². The molecule has 1 unspecified atom stereocenters. The Hall–Kier alpha value is -0.540. The highest BCUT2D eigenvalue weighted by Crippen LogP contribution is 2.49. The molecule has 0 aliphatic rings. The SMILES string of the molecule is CCOP(=O)(OCCCl)Oc1cc(C)cc(C)c1. The Morgan fingerprint density at radius 2 is 1.78 bits per heavy atom. The van der Waals surface area contributed by atoms with Crippen molar-refractivity contribution in [1.82, 2.24) is 0 Å². The van der Waals surface area contributed by atoms with E-state index in [0.29, 0.717) is 5.75 Å². The standard InChI is InChI=1S/C12H18ClO4P/c1-4-15-18(14,16-6-5-13)17-12-8-10(2)7-11(3)9-12/h7-9H,4-6H2,1-3H3. The fourth-order valence-corrected chi connectivity index (χ4v) is 2.87. The van der Waals surface area contributed by atoms with E-state index in [1.54, 1.807) is 19.1 Å². The molecule has 0 N–H and O–H groups in total. The first kappa shape index (κ1) is 15.5. The summed E-state index contributed by atoms with van der Waals surface area (Å²) in [7, 11) is -3.58. The third-order valence-electron chi connectivity index (χ3n) is 2.03. The molecule has 0 fully saturated rings. The molecule has 102 valence electrons. The number of aryl methyl sites for hydroxylation is 2. The predicted molar refractivity (Wildman–Crippen MR) is 72.4 cm³/mol. The van der Waals surface area contributed by atoms with Gasteiger partial charge in [-0.05, 0) is 44.0 Å². The second-order valence-corrected chi connectivity index (χ2v) is 5.77. The van der Waals surface area contributed by atoms with Crippen molar-refractivity contribution >= 4 is 19.4 Å². The number of alkyl halides is 1. The predicted octanol–water partition coefficient (Wildman–Crippen LogP) is 4.08. The molecule has 0 aliphatic heterocycles. The maximum Gasteiger partial charge on any atom is 0.530 e. The summed E-state index contributed by atoms with van der Waals surface area (Å²) in [6.45, 7) is 5.95. The Morgan fingerprint density at radius 3 is 2.28 bits per heavy atom. The monoisotopic (exact) mass is 292 g/mol. The summed E-state index contributed by atoms with van der Waals surface area (Å²) in [5, 5.41) is 0. The van der Waals surface area contributed by atoms with E-state index >= 15 is 0 Å². The van der Waals surface area contributed by atoms with E-state index in [0.717, 1.165) is 11.1 Å². The molecule has 1 aromatic carbocycles. The van der Waals surface area contributed by atoms with Gasteiger partial charge in [-0.3, -0.25) is 9.05 Å². The highest BCUT2D eigenvalue weighted by molar-refractivity contribution is 7.48. The van der Waals surface area contributed by atoms with Gasteiger partial charge in [0.15, 0.2) is 0 Å². The molecule has 4 nitrogen and oxygen atoms in total. The number of phosphoric ester groups is 1. The van der Waals surface area contributed by atoms with Crippen molar-refractivity contribution in [2.45, 2.75) is 20.8 Å². The summed E-state index contributed by atoms with van der Waals surface area (Å²) >= 11 is 5.50. The van der Waals surface area contributed by atoms with E-state index in [1.807, 2.05) is 19.9 Å². The molecule has 1 rings (SSSR count). The van der Waals surface area contributed by atoms with Crippen LogP contribution < -0.4 is 4.52 Å². The first-order valence-corrected chi connectivity index (χ1v) is 7.71. The number of hydrogen-bond donors (Lipinski definition) is 0. The molecule has 0 radical (unpaired) electrons. The topological polar surface area (TPSA) is 44.8 Å². The Kier molecular flexibility index (Phi) is 6.16. The Bertz CT molecular complexity index is 416. The maximum absolute atomic E-state index is 12.2. The average Bonchev–Trinajstić information content (AvgIpc) is 2.25. The number of halogens is 1. The van der Waals surface area contributed by atoms with Gasteiger partial charge in [0, 0.05) is 5.88 Å². The van der Waals surface area contributed by atoms with Crippen molar-refractivity contribution in [3.05, 3.63) is 29.3 Å². The minimum Gasteiger partial charge on any atom is -0.404 e. The Balaban J connectivity index is 2.85. The molecule has 0 heterocycles. The summed E-state index contributed by atoms with van der Waals surface area (Å²) in [5.41, 5.74) is 2.04. The first-order chi connectivity index (χ1) is 8.49. The van der Waals surface area contributed by atoms with Gasteiger partial charge in [0.05, 0.1) is 13.2 Å². The molecule has 0 aromatic heterocycles. The third kappa shape index (κ3) is 4.99. The zero-order valence-electron chi connectivity index (χ0n) is 10.8. The number of benzene rings is 1. The van der Waals surface area contributed by atoms with Crippen molar-refractivity contribution in [3.63, 3.8) is 0 Å². The van der Waals surface area contributed by atoms with Crippen LogP contribution >= 0.6 is 19.4 Å². The van der Waals surface area contributed by atoms with Crippen LogP contribution in [0.2, 0.25) is 0 Å². The lowest BCUT2D eigenvalue weighted by molar-refractivity contribution is 0.168. The first-order valence-electron chi connectivity index (χ1n) is 5.72. The van der Waals surface area contributed by atoms with E-state index in [1.165, 1.54) is 0 Å². The molecule has 0 amide bonds. The molecule has 6 heteroatoms. The molecular weight excluding hydrogens is 275 g/mol. The van der Waals surface area contributed by atoms with Crippen molar-refractivity contribution in [2.24, 2.45) is 0 Å². The molecule has 0 bridgehead atoms. The van der Waals surface area contributed by atoms with Gasteiger partial charge in [-0.25, -0.2) is 4.57 Å². The lowest BCUT2D eigenvalue weighted by Crippen LogP contribution is -2.04. The van der Waals surface area contributed by atoms with Gasteiger partial charge >= 0.3 is 7.82 Å².